The van der Waals surface area contributed by atoms with Crippen LogP contribution in [0.4, 0.5) is 0 Å². The third kappa shape index (κ3) is 1.78. The van der Waals surface area contributed by atoms with Crippen LogP contribution in [0.3, 0.4) is 0 Å². The molecule has 0 radical (unpaired) electrons. The summed E-state index contributed by atoms with van der Waals surface area (Å²) in [4.78, 5) is 10.9. The highest BCUT2D eigenvalue weighted by molar-refractivity contribution is 5.73. The van der Waals surface area contributed by atoms with Crippen molar-refractivity contribution in [2.24, 2.45) is 11.8 Å². The first-order valence-electron chi connectivity index (χ1n) is 5.67. The molecule has 0 amide bonds. The Morgan fingerprint density at radius 2 is 2.07 bits per heavy atom. The second kappa shape index (κ2) is 3.89. The van der Waals surface area contributed by atoms with Crippen molar-refractivity contribution in [2.75, 3.05) is 0 Å². The molecule has 0 aromatic rings. The lowest BCUT2D eigenvalue weighted by atomic mass is 9.72. The smallest absolute Gasteiger partial charge is 0.320 e. The van der Waals surface area contributed by atoms with Gasteiger partial charge < -0.3 is 10.4 Å². The summed E-state index contributed by atoms with van der Waals surface area (Å²) in [5, 5.41) is 12.3. The van der Waals surface area contributed by atoms with E-state index in [2.05, 4.69) is 12.2 Å². The Kier molecular flexibility index (Phi) is 2.77. The summed E-state index contributed by atoms with van der Waals surface area (Å²) >= 11 is 0. The highest BCUT2D eigenvalue weighted by Gasteiger charge is 2.38. The summed E-state index contributed by atoms with van der Waals surface area (Å²) < 4.78 is 0. The van der Waals surface area contributed by atoms with Gasteiger partial charge >= 0.3 is 5.97 Å². The molecule has 0 aromatic heterocycles. The molecule has 2 rings (SSSR count). The normalized spacial score (nSPS) is 42.9. The predicted octanol–water partition coefficient (Wildman–Crippen LogP) is 1.63. The van der Waals surface area contributed by atoms with Crippen molar-refractivity contribution >= 4 is 5.97 Å². The van der Waals surface area contributed by atoms with Gasteiger partial charge in [0.05, 0.1) is 0 Å². The molecule has 1 heterocycles. The van der Waals surface area contributed by atoms with Gasteiger partial charge in [0, 0.05) is 6.04 Å². The lowest BCUT2D eigenvalue weighted by Gasteiger charge is -2.43. The summed E-state index contributed by atoms with van der Waals surface area (Å²) in [6.07, 6.45) is 5.83. The van der Waals surface area contributed by atoms with Crippen LogP contribution in [0.1, 0.15) is 39.0 Å². The Morgan fingerprint density at radius 1 is 1.36 bits per heavy atom. The third-order valence-corrected chi connectivity index (χ3v) is 3.87. The molecular weight excluding hydrogens is 178 g/mol. The second-order valence-electron chi connectivity index (χ2n) is 4.83. The van der Waals surface area contributed by atoms with E-state index in [9.17, 15) is 4.79 Å². The Bertz CT molecular complexity index is 229. The van der Waals surface area contributed by atoms with Crippen LogP contribution in [0, 0.1) is 11.8 Å². The molecular formula is C11H19NO2. The molecule has 2 N–H and O–H groups in total. The van der Waals surface area contributed by atoms with Crippen molar-refractivity contribution < 1.29 is 9.90 Å². The van der Waals surface area contributed by atoms with Gasteiger partial charge in [-0.25, -0.2) is 0 Å². The fourth-order valence-electron chi connectivity index (χ4n) is 3.09. The topological polar surface area (TPSA) is 49.3 Å². The van der Waals surface area contributed by atoms with Crippen molar-refractivity contribution in [2.45, 2.75) is 51.1 Å². The summed E-state index contributed by atoms with van der Waals surface area (Å²) in [5.41, 5.74) is 0. The number of piperidine rings is 1. The highest BCUT2D eigenvalue weighted by Crippen LogP contribution is 2.36. The summed E-state index contributed by atoms with van der Waals surface area (Å²) in [7, 11) is 0. The van der Waals surface area contributed by atoms with E-state index in [1.165, 1.54) is 25.7 Å². The molecule has 2 fully saturated rings. The minimum atomic E-state index is -0.680. The number of rotatable bonds is 1. The van der Waals surface area contributed by atoms with Crippen LogP contribution in [0.5, 0.6) is 0 Å². The van der Waals surface area contributed by atoms with Crippen molar-refractivity contribution in [3.63, 3.8) is 0 Å². The number of fused-ring (bicyclic) bond motifs is 1. The maximum Gasteiger partial charge on any atom is 0.320 e. The van der Waals surface area contributed by atoms with Gasteiger partial charge in [-0.1, -0.05) is 19.8 Å². The van der Waals surface area contributed by atoms with E-state index < -0.39 is 5.97 Å². The fraction of sp³-hybridized carbons (Fsp3) is 0.909. The average Bonchev–Trinajstić information content (AvgIpc) is 2.17. The van der Waals surface area contributed by atoms with E-state index in [0.717, 1.165) is 12.3 Å². The molecule has 0 aromatic carbocycles. The SMILES string of the molecule is CC1CC(C(=O)O)NC2CCCCC12. The molecule has 1 aliphatic heterocycles. The number of carboxylic acid groups (broad SMARTS) is 1. The van der Waals surface area contributed by atoms with E-state index in [1.54, 1.807) is 0 Å². The van der Waals surface area contributed by atoms with Gasteiger partial charge in [0.25, 0.3) is 0 Å². The molecule has 80 valence electrons. The molecule has 14 heavy (non-hydrogen) atoms. The number of hydrogen-bond donors (Lipinski definition) is 2. The molecule has 1 saturated heterocycles. The molecule has 2 aliphatic rings. The van der Waals surface area contributed by atoms with E-state index in [-0.39, 0.29) is 6.04 Å². The zero-order chi connectivity index (χ0) is 10.1. The zero-order valence-electron chi connectivity index (χ0n) is 8.70. The van der Waals surface area contributed by atoms with Gasteiger partial charge in [0.1, 0.15) is 6.04 Å². The number of carbonyl (C=O) groups is 1. The van der Waals surface area contributed by atoms with Crippen molar-refractivity contribution in [3.8, 4) is 0 Å². The minimum Gasteiger partial charge on any atom is -0.480 e. The zero-order valence-corrected chi connectivity index (χ0v) is 8.70. The average molecular weight is 197 g/mol. The summed E-state index contributed by atoms with van der Waals surface area (Å²) in [6.45, 7) is 2.21. The van der Waals surface area contributed by atoms with Crippen LogP contribution < -0.4 is 5.32 Å². The number of hydrogen-bond acceptors (Lipinski definition) is 2. The van der Waals surface area contributed by atoms with Crippen LogP contribution in [0.25, 0.3) is 0 Å². The second-order valence-corrected chi connectivity index (χ2v) is 4.83. The van der Waals surface area contributed by atoms with Crippen molar-refractivity contribution in [1.29, 1.82) is 0 Å². The van der Waals surface area contributed by atoms with Gasteiger partial charge in [-0.15, -0.1) is 0 Å². The van der Waals surface area contributed by atoms with Crippen LogP contribution in [-0.4, -0.2) is 23.2 Å². The summed E-state index contributed by atoms with van der Waals surface area (Å²) in [6, 6.07) is 0.165. The Morgan fingerprint density at radius 3 is 2.79 bits per heavy atom. The standard InChI is InChI=1S/C11H19NO2/c1-7-6-10(11(13)14)12-9-5-3-2-4-8(7)9/h7-10,12H,2-6H2,1H3,(H,13,14). The monoisotopic (exact) mass is 197 g/mol. The molecule has 1 saturated carbocycles. The third-order valence-electron chi connectivity index (χ3n) is 3.87. The van der Waals surface area contributed by atoms with E-state index >= 15 is 0 Å². The first-order chi connectivity index (χ1) is 6.68. The summed E-state index contributed by atoms with van der Waals surface area (Å²) in [5.74, 6) is 0.614. The molecule has 1 aliphatic carbocycles. The van der Waals surface area contributed by atoms with E-state index in [1.807, 2.05) is 0 Å². The number of nitrogens with one attached hydrogen (secondary N) is 1. The molecule has 4 atom stereocenters. The van der Waals surface area contributed by atoms with Crippen LogP contribution in [0.2, 0.25) is 0 Å². The molecule has 0 bridgehead atoms. The van der Waals surface area contributed by atoms with Gasteiger partial charge in [-0.2, -0.15) is 0 Å². The van der Waals surface area contributed by atoms with Crippen LogP contribution in [-0.2, 0) is 4.79 Å². The maximum absolute atomic E-state index is 10.9. The molecule has 3 nitrogen and oxygen atoms in total. The quantitative estimate of drug-likeness (QED) is 0.671. The highest BCUT2D eigenvalue weighted by atomic mass is 16.4. The Labute approximate surface area is 84.9 Å². The van der Waals surface area contributed by atoms with Crippen LogP contribution in [0.15, 0.2) is 0 Å². The van der Waals surface area contributed by atoms with Gasteiger partial charge in [-0.3, -0.25) is 4.79 Å². The van der Waals surface area contributed by atoms with E-state index in [0.29, 0.717) is 12.0 Å². The molecule has 4 unspecified atom stereocenters. The van der Waals surface area contributed by atoms with Crippen LogP contribution >= 0.6 is 0 Å². The van der Waals surface area contributed by atoms with Crippen molar-refractivity contribution in [1.82, 2.24) is 5.32 Å². The first kappa shape index (κ1) is 9.97. The number of aliphatic carboxylic acids is 1. The van der Waals surface area contributed by atoms with Gasteiger partial charge in [0.15, 0.2) is 0 Å². The lowest BCUT2D eigenvalue weighted by Crippen LogP contribution is -2.54. The molecule has 3 heteroatoms. The Hall–Kier alpha value is -0.570. The largest absolute Gasteiger partial charge is 0.480 e. The Balaban J connectivity index is 2.04. The predicted molar refractivity (Wildman–Crippen MR) is 54.1 cm³/mol. The fourth-order valence-corrected chi connectivity index (χ4v) is 3.09. The number of carboxylic acids is 1. The van der Waals surface area contributed by atoms with Gasteiger partial charge in [-0.05, 0) is 31.1 Å². The molecule has 0 spiro atoms. The minimum absolute atomic E-state index is 0.302. The van der Waals surface area contributed by atoms with Crippen molar-refractivity contribution in [3.05, 3.63) is 0 Å². The lowest BCUT2D eigenvalue weighted by molar-refractivity contribution is -0.141. The van der Waals surface area contributed by atoms with E-state index in [4.69, 9.17) is 5.11 Å². The van der Waals surface area contributed by atoms with Gasteiger partial charge in [0.2, 0.25) is 0 Å². The first-order valence-corrected chi connectivity index (χ1v) is 5.67. The maximum atomic E-state index is 10.9.